The smallest absolute Gasteiger partial charge is 0.227 e. The van der Waals surface area contributed by atoms with Gasteiger partial charge in [0.2, 0.25) is 5.91 Å². The maximum absolute atomic E-state index is 13.4. The van der Waals surface area contributed by atoms with E-state index in [2.05, 4.69) is 19.9 Å². The Hall–Kier alpha value is -1.69. The number of hydrogen-bond donors (Lipinski definition) is 0. The Morgan fingerprint density at radius 1 is 1.26 bits per heavy atom. The molecule has 0 bridgehead atoms. The van der Waals surface area contributed by atoms with E-state index in [-0.39, 0.29) is 46.5 Å². The van der Waals surface area contributed by atoms with Gasteiger partial charge in [-0.15, -0.1) is 0 Å². The molecule has 1 amide bonds. The first kappa shape index (κ1) is 20.1. The molecule has 148 valence electrons. The van der Waals surface area contributed by atoms with Gasteiger partial charge in [0.25, 0.3) is 0 Å². The van der Waals surface area contributed by atoms with Crippen molar-refractivity contribution in [3.05, 3.63) is 47.3 Å². The van der Waals surface area contributed by atoms with Crippen LogP contribution in [0.15, 0.2) is 35.9 Å². The summed E-state index contributed by atoms with van der Waals surface area (Å²) in [5.41, 5.74) is 1.86. The van der Waals surface area contributed by atoms with E-state index in [1.54, 1.807) is 17.0 Å². The maximum atomic E-state index is 13.4. The molecule has 0 N–H and O–H groups in total. The molecular formula is C21H28FNO3S. The zero-order chi connectivity index (χ0) is 20.0. The fraction of sp³-hybridized carbons (Fsp3) is 0.571. The van der Waals surface area contributed by atoms with E-state index in [1.807, 2.05) is 13.8 Å². The fourth-order valence-electron chi connectivity index (χ4n) is 4.19. The van der Waals surface area contributed by atoms with E-state index in [0.29, 0.717) is 13.0 Å². The lowest BCUT2D eigenvalue weighted by molar-refractivity contribution is -0.136. The third-order valence-electron chi connectivity index (χ3n) is 5.89. The molecule has 1 aromatic rings. The minimum atomic E-state index is -3.11. The van der Waals surface area contributed by atoms with Gasteiger partial charge in [-0.2, -0.15) is 0 Å². The summed E-state index contributed by atoms with van der Waals surface area (Å²) in [6, 6.07) is 5.75. The summed E-state index contributed by atoms with van der Waals surface area (Å²) in [6.07, 6.45) is 2.61. The third kappa shape index (κ3) is 4.26. The van der Waals surface area contributed by atoms with Gasteiger partial charge in [0.15, 0.2) is 9.84 Å². The first-order valence-corrected chi connectivity index (χ1v) is 11.2. The molecule has 4 nitrogen and oxygen atoms in total. The van der Waals surface area contributed by atoms with E-state index in [9.17, 15) is 17.6 Å². The molecule has 1 heterocycles. The molecule has 2 aliphatic rings. The molecule has 1 aliphatic heterocycles. The molecule has 0 unspecified atom stereocenters. The normalized spacial score (nSPS) is 27.8. The van der Waals surface area contributed by atoms with Crippen LogP contribution in [0.3, 0.4) is 0 Å². The number of hydrogen-bond acceptors (Lipinski definition) is 3. The number of amides is 1. The third-order valence-corrected chi connectivity index (χ3v) is 7.64. The van der Waals surface area contributed by atoms with Crippen LogP contribution < -0.4 is 0 Å². The zero-order valence-electron chi connectivity index (χ0n) is 16.4. The van der Waals surface area contributed by atoms with Gasteiger partial charge in [-0.1, -0.05) is 37.6 Å². The van der Waals surface area contributed by atoms with E-state index >= 15 is 0 Å². The molecule has 1 aromatic carbocycles. The summed E-state index contributed by atoms with van der Waals surface area (Å²) in [5, 5.41) is 0. The van der Waals surface area contributed by atoms with Crippen molar-refractivity contribution in [3.8, 4) is 0 Å². The Bertz CT molecular complexity index is 854. The lowest BCUT2D eigenvalue weighted by Crippen LogP contribution is -2.42. The van der Waals surface area contributed by atoms with Crippen molar-refractivity contribution in [2.45, 2.75) is 46.7 Å². The number of allylic oxidation sites excluding steroid dienone is 2. The van der Waals surface area contributed by atoms with Gasteiger partial charge in [-0.05, 0) is 49.3 Å². The summed E-state index contributed by atoms with van der Waals surface area (Å²) >= 11 is 0. The number of benzene rings is 1. The molecule has 3 rings (SSSR count). The second-order valence-corrected chi connectivity index (χ2v) is 10.9. The Morgan fingerprint density at radius 2 is 1.89 bits per heavy atom. The molecular weight excluding hydrogens is 365 g/mol. The highest BCUT2D eigenvalue weighted by molar-refractivity contribution is 7.91. The quantitative estimate of drug-likeness (QED) is 0.719. The van der Waals surface area contributed by atoms with Crippen LogP contribution in [-0.4, -0.2) is 36.8 Å². The predicted molar refractivity (Wildman–Crippen MR) is 104 cm³/mol. The van der Waals surface area contributed by atoms with E-state index in [1.165, 1.54) is 17.7 Å². The SMILES string of the molecule is CC(C)=C[C@@H]1[C@H](C(=O)N(Cc2ccc(F)cc2)[C@@H]2CCS(=O)(=O)C2)C1(C)C. The lowest BCUT2D eigenvalue weighted by Gasteiger charge is -2.29. The highest BCUT2D eigenvalue weighted by Crippen LogP contribution is 2.60. The Labute approximate surface area is 161 Å². The second kappa shape index (κ2) is 7.04. The summed E-state index contributed by atoms with van der Waals surface area (Å²) < 4.78 is 37.2. The molecule has 2 fully saturated rings. The zero-order valence-corrected chi connectivity index (χ0v) is 17.2. The lowest BCUT2D eigenvalue weighted by atomic mass is 10.1. The van der Waals surface area contributed by atoms with E-state index in [4.69, 9.17) is 0 Å². The maximum Gasteiger partial charge on any atom is 0.227 e. The second-order valence-electron chi connectivity index (χ2n) is 8.72. The van der Waals surface area contributed by atoms with Crippen LogP contribution in [0.2, 0.25) is 0 Å². The highest BCUT2D eigenvalue weighted by Gasteiger charge is 2.61. The largest absolute Gasteiger partial charge is 0.334 e. The standard InChI is InChI=1S/C21H28FNO3S/c1-14(2)11-18-19(21(18,3)4)20(24)23(17-9-10-27(25,26)13-17)12-15-5-7-16(22)8-6-15/h5-8,11,17-19H,9-10,12-13H2,1-4H3/t17-,18-,19-/m1/s1. The van der Waals surface area contributed by atoms with Crippen molar-refractivity contribution in [2.75, 3.05) is 11.5 Å². The van der Waals surface area contributed by atoms with Crippen LogP contribution >= 0.6 is 0 Å². The van der Waals surface area contributed by atoms with Crippen molar-refractivity contribution < 1.29 is 17.6 Å². The van der Waals surface area contributed by atoms with Crippen LogP contribution in [-0.2, 0) is 21.2 Å². The van der Waals surface area contributed by atoms with Crippen LogP contribution in [0, 0.1) is 23.1 Å². The molecule has 0 radical (unpaired) electrons. The molecule has 0 spiro atoms. The van der Waals surface area contributed by atoms with Gasteiger partial charge in [0.05, 0.1) is 17.4 Å². The van der Waals surface area contributed by atoms with Crippen molar-refractivity contribution in [1.29, 1.82) is 0 Å². The topological polar surface area (TPSA) is 54.5 Å². The number of sulfone groups is 1. The van der Waals surface area contributed by atoms with Gasteiger partial charge in [-0.3, -0.25) is 4.79 Å². The average Bonchev–Trinajstić information content (AvgIpc) is 2.90. The molecule has 6 heteroatoms. The van der Waals surface area contributed by atoms with Gasteiger partial charge in [0.1, 0.15) is 5.82 Å². The monoisotopic (exact) mass is 393 g/mol. The van der Waals surface area contributed by atoms with Gasteiger partial charge < -0.3 is 4.90 Å². The van der Waals surface area contributed by atoms with Crippen LogP contribution in [0.4, 0.5) is 4.39 Å². The first-order valence-electron chi connectivity index (χ1n) is 9.41. The summed E-state index contributed by atoms with van der Waals surface area (Å²) in [7, 11) is -3.11. The highest BCUT2D eigenvalue weighted by atomic mass is 32.2. The van der Waals surface area contributed by atoms with Crippen LogP contribution in [0.1, 0.15) is 39.7 Å². The van der Waals surface area contributed by atoms with Gasteiger partial charge >= 0.3 is 0 Å². The summed E-state index contributed by atoms with van der Waals surface area (Å²) in [5.74, 6) is -0.155. The van der Waals surface area contributed by atoms with Crippen molar-refractivity contribution in [3.63, 3.8) is 0 Å². The van der Waals surface area contributed by atoms with Gasteiger partial charge in [0, 0.05) is 12.6 Å². The van der Waals surface area contributed by atoms with E-state index in [0.717, 1.165) is 5.56 Å². The molecule has 1 saturated heterocycles. The van der Waals surface area contributed by atoms with Crippen molar-refractivity contribution in [2.24, 2.45) is 17.3 Å². The van der Waals surface area contributed by atoms with Crippen LogP contribution in [0.5, 0.6) is 0 Å². The first-order chi connectivity index (χ1) is 12.5. The predicted octanol–water partition coefficient (Wildman–Crippen LogP) is 3.58. The van der Waals surface area contributed by atoms with E-state index < -0.39 is 9.84 Å². The summed E-state index contributed by atoms with van der Waals surface area (Å²) in [6.45, 7) is 8.53. The van der Waals surface area contributed by atoms with Gasteiger partial charge in [-0.25, -0.2) is 12.8 Å². The van der Waals surface area contributed by atoms with Crippen molar-refractivity contribution in [1.82, 2.24) is 4.90 Å². The fourth-order valence-corrected chi connectivity index (χ4v) is 5.92. The molecule has 3 atom stereocenters. The number of carbonyl (C=O) groups excluding carboxylic acids is 1. The molecule has 1 aliphatic carbocycles. The average molecular weight is 394 g/mol. The minimum absolute atomic E-state index is 0.00826. The number of carbonyl (C=O) groups is 1. The number of halogens is 1. The summed E-state index contributed by atoms with van der Waals surface area (Å²) in [4.78, 5) is 15.1. The Morgan fingerprint density at radius 3 is 2.41 bits per heavy atom. The number of nitrogens with zero attached hydrogens (tertiary/aromatic N) is 1. The molecule has 27 heavy (non-hydrogen) atoms. The Kier molecular flexibility index (Phi) is 5.23. The van der Waals surface area contributed by atoms with Crippen molar-refractivity contribution >= 4 is 15.7 Å². The number of rotatable bonds is 5. The van der Waals surface area contributed by atoms with Crippen LogP contribution in [0.25, 0.3) is 0 Å². The minimum Gasteiger partial charge on any atom is -0.334 e. The molecule has 1 saturated carbocycles. The Balaban J connectivity index is 1.86. The molecule has 0 aromatic heterocycles.